The minimum absolute atomic E-state index is 0.0937. The Morgan fingerprint density at radius 1 is 1.06 bits per heavy atom. The van der Waals surface area contributed by atoms with Gasteiger partial charge in [0, 0.05) is 0 Å². The van der Waals surface area contributed by atoms with Gasteiger partial charge in [-0.05, 0) is 68.2 Å². The Bertz CT molecular complexity index is 390. The molecule has 0 unspecified atom stereocenters. The van der Waals surface area contributed by atoms with Gasteiger partial charge in [-0.25, -0.2) is 0 Å². The number of rotatable bonds is 2. The monoisotopic (exact) mass is 234 g/mol. The van der Waals surface area contributed by atoms with E-state index in [1.165, 1.54) is 16.7 Å². The van der Waals surface area contributed by atoms with Crippen molar-refractivity contribution in [3.63, 3.8) is 0 Å². The summed E-state index contributed by atoms with van der Waals surface area (Å²) in [5, 5.41) is 9.57. The second-order valence-corrected chi connectivity index (χ2v) is 5.18. The van der Waals surface area contributed by atoms with E-state index in [1.807, 2.05) is 0 Å². The Morgan fingerprint density at radius 3 is 2.24 bits per heavy atom. The number of methoxy groups -OCH3 is 1. The Morgan fingerprint density at radius 2 is 1.65 bits per heavy atom. The molecule has 1 saturated carbocycles. The number of benzene rings is 1. The lowest BCUT2D eigenvalue weighted by Gasteiger charge is -2.27. The molecule has 0 aliphatic heterocycles. The fourth-order valence-corrected chi connectivity index (χ4v) is 2.69. The maximum absolute atomic E-state index is 9.57. The van der Waals surface area contributed by atoms with Crippen LogP contribution in [0.3, 0.4) is 0 Å². The van der Waals surface area contributed by atoms with Crippen molar-refractivity contribution in [3.8, 4) is 5.75 Å². The van der Waals surface area contributed by atoms with E-state index in [0.717, 1.165) is 31.4 Å². The van der Waals surface area contributed by atoms with Crippen LogP contribution in [0.4, 0.5) is 0 Å². The predicted molar refractivity (Wildman–Crippen MR) is 69.7 cm³/mol. The molecular weight excluding hydrogens is 212 g/mol. The first kappa shape index (κ1) is 12.4. The maximum Gasteiger partial charge on any atom is 0.122 e. The first-order valence-corrected chi connectivity index (χ1v) is 6.45. The molecule has 0 spiro atoms. The van der Waals surface area contributed by atoms with Crippen LogP contribution in [0.25, 0.3) is 0 Å². The topological polar surface area (TPSA) is 29.5 Å². The largest absolute Gasteiger partial charge is 0.496 e. The fourth-order valence-electron chi connectivity index (χ4n) is 2.69. The molecule has 1 aliphatic carbocycles. The van der Waals surface area contributed by atoms with Crippen molar-refractivity contribution < 1.29 is 9.84 Å². The summed E-state index contributed by atoms with van der Waals surface area (Å²) >= 11 is 0. The number of aliphatic hydroxyl groups excluding tert-OH is 1. The molecule has 1 aliphatic rings. The lowest BCUT2D eigenvalue weighted by molar-refractivity contribution is 0.122. The molecule has 0 radical (unpaired) electrons. The zero-order valence-electron chi connectivity index (χ0n) is 11.0. The first-order valence-electron chi connectivity index (χ1n) is 6.45. The van der Waals surface area contributed by atoms with E-state index in [4.69, 9.17) is 4.74 Å². The van der Waals surface area contributed by atoms with Crippen LogP contribution in [0.1, 0.15) is 48.3 Å². The highest BCUT2D eigenvalue weighted by atomic mass is 16.5. The van der Waals surface area contributed by atoms with Crippen molar-refractivity contribution in [2.24, 2.45) is 0 Å². The molecular formula is C15H22O2. The quantitative estimate of drug-likeness (QED) is 0.850. The highest BCUT2D eigenvalue weighted by molar-refractivity contribution is 5.43. The SMILES string of the molecule is COc1cc(C)c(C)cc1C1CCC(O)CC1. The molecule has 0 heterocycles. The summed E-state index contributed by atoms with van der Waals surface area (Å²) in [6, 6.07) is 4.40. The van der Waals surface area contributed by atoms with E-state index in [2.05, 4.69) is 26.0 Å². The van der Waals surface area contributed by atoms with Gasteiger partial charge >= 0.3 is 0 Å². The van der Waals surface area contributed by atoms with E-state index >= 15 is 0 Å². The summed E-state index contributed by atoms with van der Waals surface area (Å²) in [7, 11) is 1.74. The average Bonchev–Trinajstić information content (AvgIpc) is 2.33. The molecule has 1 N–H and O–H groups in total. The third kappa shape index (κ3) is 2.63. The van der Waals surface area contributed by atoms with Gasteiger partial charge in [-0.2, -0.15) is 0 Å². The lowest BCUT2D eigenvalue weighted by atomic mass is 9.81. The minimum Gasteiger partial charge on any atom is -0.496 e. The van der Waals surface area contributed by atoms with E-state index in [9.17, 15) is 5.11 Å². The number of aryl methyl sites for hydroxylation is 2. The first-order chi connectivity index (χ1) is 8.11. The van der Waals surface area contributed by atoms with Crippen molar-refractivity contribution in [1.29, 1.82) is 0 Å². The minimum atomic E-state index is -0.0937. The van der Waals surface area contributed by atoms with Gasteiger partial charge in [-0.1, -0.05) is 6.07 Å². The molecule has 1 aromatic carbocycles. The molecule has 2 heteroatoms. The molecule has 94 valence electrons. The molecule has 0 amide bonds. The van der Waals surface area contributed by atoms with Crippen LogP contribution in [0.15, 0.2) is 12.1 Å². The summed E-state index contributed by atoms with van der Waals surface area (Å²) in [6.07, 6.45) is 3.88. The van der Waals surface area contributed by atoms with Gasteiger partial charge in [-0.15, -0.1) is 0 Å². The molecule has 0 bridgehead atoms. The van der Waals surface area contributed by atoms with E-state index in [-0.39, 0.29) is 6.10 Å². The highest BCUT2D eigenvalue weighted by Gasteiger charge is 2.23. The Balaban J connectivity index is 2.27. The Hall–Kier alpha value is -1.02. The van der Waals surface area contributed by atoms with Crippen molar-refractivity contribution in [2.75, 3.05) is 7.11 Å². The van der Waals surface area contributed by atoms with Crippen LogP contribution in [0.2, 0.25) is 0 Å². The second-order valence-electron chi connectivity index (χ2n) is 5.18. The summed E-state index contributed by atoms with van der Waals surface area (Å²) < 4.78 is 5.50. The molecule has 1 aromatic rings. The molecule has 2 rings (SSSR count). The van der Waals surface area contributed by atoms with Crippen LogP contribution >= 0.6 is 0 Å². The third-order valence-electron chi connectivity index (χ3n) is 3.98. The highest BCUT2D eigenvalue weighted by Crippen LogP contribution is 2.38. The van der Waals surface area contributed by atoms with Crippen LogP contribution < -0.4 is 4.74 Å². The van der Waals surface area contributed by atoms with Crippen molar-refractivity contribution in [1.82, 2.24) is 0 Å². The molecule has 0 aromatic heterocycles. The zero-order chi connectivity index (χ0) is 12.4. The van der Waals surface area contributed by atoms with E-state index in [1.54, 1.807) is 7.11 Å². The number of aliphatic hydroxyl groups is 1. The number of ether oxygens (including phenoxy) is 1. The van der Waals surface area contributed by atoms with Crippen molar-refractivity contribution >= 4 is 0 Å². The van der Waals surface area contributed by atoms with Crippen LogP contribution in [-0.4, -0.2) is 18.3 Å². The van der Waals surface area contributed by atoms with Gasteiger partial charge in [0.1, 0.15) is 5.75 Å². The lowest BCUT2D eigenvalue weighted by Crippen LogP contribution is -2.17. The van der Waals surface area contributed by atoms with Crippen LogP contribution in [-0.2, 0) is 0 Å². The van der Waals surface area contributed by atoms with Crippen LogP contribution in [0.5, 0.6) is 5.75 Å². The smallest absolute Gasteiger partial charge is 0.122 e. The van der Waals surface area contributed by atoms with Gasteiger partial charge in [-0.3, -0.25) is 0 Å². The Labute approximate surface area is 104 Å². The van der Waals surface area contributed by atoms with Gasteiger partial charge in [0.15, 0.2) is 0 Å². The number of hydrogen-bond donors (Lipinski definition) is 1. The summed E-state index contributed by atoms with van der Waals surface area (Å²) in [5.74, 6) is 1.56. The fraction of sp³-hybridized carbons (Fsp3) is 0.600. The summed E-state index contributed by atoms with van der Waals surface area (Å²) in [6.45, 7) is 4.27. The third-order valence-corrected chi connectivity index (χ3v) is 3.98. The molecule has 2 nitrogen and oxygen atoms in total. The van der Waals surface area contributed by atoms with Crippen molar-refractivity contribution in [3.05, 3.63) is 28.8 Å². The average molecular weight is 234 g/mol. The molecule has 0 atom stereocenters. The predicted octanol–water partition coefficient (Wildman–Crippen LogP) is 3.33. The molecule has 17 heavy (non-hydrogen) atoms. The van der Waals surface area contributed by atoms with Gasteiger partial charge in [0.05, 0.1) is 13.2 Å². The van der Waals surface area contributed by atoms with Gasteiger partial charge in [0.2, 0.25) is 0 Å². The van der Waals surface area contributed by atoms with Crippen LogP contribution in [0, 0.1) is 13.8 Å². The van der Waals surface area contributed by atoms with Crippen molar-refractivity contribution in [2.45, 2.75) is 51.6 Å². The van der Waals surface area contributed by atoms with E-state index in [0.29, 0.717) is 5.92 Å². The van der Waals surface area contributed by atoms with Gasteiger partial charge < -0.3 is 9.84 Å². The van der Waals surface area contributed by atoms with Gasteiger partial charge in [0.25, 0.3) is 0 Å². The Kier molecular flexibility index (Phi) is 3.72. The second kappa shape index (κ2) is 5.09. The molecule has 0 saturated heterocycles. The number of hydrogen-bond acceptors (Lipinski definition) is 2. The normalized spacial score (nSPS) is 24.7. The zero-order valence-corrected chi connectivity index (χ0v) is 11.0. The molecule has 1 fully saturated rings. The summed E-state index contributed by atoms with van der Waals surface area (Å²) in [4.78, 5) is 0. The maximum atomic E-state index is 9.57. The van der Waals surface area contributed by atoms with E-state index < -0.39 is 0 Å². The summed E-state index contributed by atoms with van der Waals surface area (Å²) in [5.41, 5.74) is 3.93. The standard InChI is InChI=1S/C15H22O2/c1-10-8-14(15(17-3)9-11(10)2)12-4-6-13(16)7-5-12/h8-9,12-13,16H,4-7H2,1-3H3.